The molecular weight excluding hydrogens is 402 g/mol. The molecule has 1 saturated carbocycles. The number of nitrogens with one attached hydrogen (secondary N) is 1. The SMILES string of the molecule is O=C(NC(Cc1ccc2c(c1)OCCO2)CN1CCCC1)C1CCN(C2CCCCC2)C1. The predicted octanol–water partition coefficient (Wildman–Crippen LogP) is 3.24. The van der Waals surface area contributed by atoms with E-state index in [2.05, 4.69) is 27.2 Å². The van der Waals surface area contributed by atoms with E-state index in [0.29, 0.717) is 19.3 Å². The Labute approximate surface area is 192 Å². The van der Waals surface area contributed by atoms with Crippen molar-refractivity contribution in [1.82, 2.24) is 15.1 Å². The van der Waals surface area contributed by atoms with Crippen LogP contribution in [0.5, 0.6) is 11.5 Å². The molecule has 2 saturated heterocycles. The van der Waals surface area contributed by atoms with Gasteiger partial charge in [0.15, 0.2) is 11.5 Å². The Hall–Kier alpha value is -1.79. The lowest BCUT2D eigenvalue weighted by Gasteiger charge is -2.31. The Morgan fingerprint density at radius 2 is 1.75 bits per heavy atom. The highest BCUT2D eigenvalue weighted by Crippen LogP contribution is 2.31. The van der Waals surface area contributed by atoms with E-state index >= 15 is 0 Å². The number of nitrogens with zero attached hydrogens (tertiary/aromatic N) is 2. The number of benzene rings is 1. The quantitative estimate of drug-likeness (QED) is 0.704. The summed E-state index contributed by atoms with van der Waals surface area (Å²) in [4.78, 5) is 18.4. The molecule has 3 fully saturated rings. The summed E-state index contributed by atoms with van der Waals surface area (Å²) in [5.74, 6) is 2.05. The smallest absolute Gasteiger partial charge is 0.224 e. The molecule has 4 aliphatic rings. The molecule has 6 heteroatoms. The molecule has 5 rings (SSSR count). The molecule has 0 spiro atoms. The van der Waals surface area contributed by atoms with Crippen LogP contribution < -0.4 is 14.8 Å². The monoisotopic (exact) mass is 441 g/mol. The van der Waals surface area contributed by atoms with Crippen molar-refractivity contribution in [2.45, 2.75) is 69.9 Å². The summed E-state index contributed by atoms with van der Waals surface area (Å²) >= 11 is 0. The lowest BCUT2D eigenvalue weighted by molar-refractivity contribution is -0.125. The molecule has 1 amide bonds. The summed E-state index contributed by atoms with van der Waals surface area (Å²) in [7, 11) is 0. The van der Waals surface area contributed by atoms with Crippen LogP contribution in [-0.4, -0.2) is 73.7 Å². The molecule has 0 bridgehead atoms. The molecule has 2 atom stereocenters. The molecule has 32 heavy (non-hydrogen) atoms. The number of rotatable bonds is 7. The summed E-state index contributed by atoms with van der Waals surface area (Å²) in [6.07, 6.45) is 11.1. The topological polar surface area (TPSA) is 54.0 Å². The largest absolute Gasteiger partial charge is 0.486 e. The summed E-state index contributed by atoms with van der Waals surface area (Å²) in [6.45, 7) is 6.46. The number of likely N-dealkylation sites (tertiary alicyclic amines) is 2. The van der Waals surface area contributed by atoms with Gasteiger partial charge in [0.2, 0.25) is 5.91 Å². The fourth-order valence-corrected chi connectivity index (χ4v) is 6.04. The maximum Gasteiger partial charge on any atom is 0.224 e. The third kappa shape index (κ3) is 5.40. The molecule has 3 aliphatic heterocycles. The Morgan fingerprint density at radius 3 is 2.56 bits per heavy atom. The van der Waals surface area contributed by atoms with E-state index < -0.39 is 0 Å². The lowest BCUT2D eigenvalue weighted by Crippen LogP contribution is -2.47. The summed E-state index contributed by atoms with van der Waals surface area (Å²) in [5.41, 5.74) is 1.20. The zero-order valence-electron chi connectivity index (χ0n) is 19.4. The number of carbonyl (C=O) groups is 1. The van der Waals surface area contributed by atoms with Gasteiger partial charge in [0.1, 0.15) is 13.2 Å². The van der Waals surface area contributed by atoms with E-state index in [1.165, 1.54) is 50.5 Å². The number of hydrogen-bond acceptors (Lipinski definition) is 5. The molecule has 3 heterocycles. The van der Waals surface area contributed by atoms with Gasteiger partial charge in [-0.2, -0.15) is 0 Å². The third-order valence-corrected chi connectivity index (χ3v) is 7.79. The molecule has 0 aromatic heterocycles. The zero-order valence-corrected chi connectivity index (χ0v) is 19.4. The first kappa shape index (κ1) is 22.0. The van der Waals surface area contributed by atoms with Crippen molar-refractivity contribution in [2.24, 2.45) is 5.92 Å². The van der Waals surface area contributed by atoms with Crippen LogP contribution in [0.2, 0.25) is 0 Å². The van der Waals surface area contributed by atoms with Crippen molar-refractivity contribution in [2.75, 3.05) is 45.9 Å². The van der Waals surface area contributed by atoms with Crippen molar-refractivity contribution in [3.05, 3.63) is 23.8 Å². The van der Waals surface area contributed by atoms with Crippen LogP contribution in [0.1, 0.15) is 56.9 Å². The van der Waals surface area contributed by atoms with Crippen molar-refractivity contribution >= 4 is 5.91 Å². The van der Waals surface area contributed by atoms with Gasteiger partial charge >= 0.3 is 0 Å². The number of carbonyl (C=O) groups excluding carboxylic acids is 1. The normalized spacial score (nSPS) is 25.7. The lowest BCUT2D eigenvalue weighted by atomic mass is 9.94. The first-order chi connectivity index (χ1) is 15.7. The molecule has 0 radical (unpaired) electrons. The Morgan fingerprint density at radius 1 is 0.969 bits per heavy atom. The van der Waals surface area contributed by atoms with Crippen molar-refractivity contribution in [3.8, 4) is 11.5 Å². The molecule has 1 aromatic carbocycles. The zero-order chi connectivity index (χ0) is 21.8. The van der Waals surface area contributed by atoms with Crippen LogP contribution in [0, 0.1) is 5.92 Å². The molecule has 1 N–H and O–H groups in total. The highest BCUT2D eigenvalue weighted by atomic mass is 16.6. The first-order valence-electron chi connectivity index (χ1n) is 12.9. The van der Waals surface area contributed by atoms with Crippen molar-refractivity contribution in [1.29, 1.82) is 0 Å². The third-order valence-electron chi connectivity index (χ3n) is 7.79. The maximum absolute atomic E-state index is 13.3. The Balaban J connectivity index is 1.21. The van der Waals surface area contributed by atoms with Crippen LogP contribution in [-0.2, 0) is 11.2 Å². The second-order valence-corrected chi connectivity index (χ2v) is 10.2. The van der Waals surface area contributed by atoms with E-state index in [9.17, 15) is 4.79 Å². The van der Waals surface area contributed by atoms with Gasteiger partial charge in [0.05, 0.1) is 5.92 Å². The molecular formula is C26H39N3O3. The van der Waals surface area contributed by atoms with Gasteiger partial charge < -0.3 is 19.7 Å². The van der Waals surface area contributed by atoms with Crippen LogP contribution in [0.3, 0.4) is 0 Å². The minimum absolute atomic E-state index is 0.131. The van der Waals surface area contributed by atoms with Gasteiger partial charge in [-0.25, -0.2) is 0 Å². The van der Waals surface area contributed by atoms with E-state index in [1.54, 1.807) is 0 Å². The van der Waals surface area contributed by atoms with E-state index in [4.69, 9.17) is 9.47 Å². The highest BCUT2D eigenvalue weighted by Gasteiger charge is 2.34. The van der Waals surface area contributed by atoms with Gasteiger partial charge in [-0.3, -0.25) is 9.69 Å². The second-order valence-electron chi connectivity index (χ2n) is 10.2. The molecule has 1 aromatic rings. The standard InChI is InChI=1S/C26H39N3O3/c30-26(21-10-13-29(18-21)23-6-2-1-3-7-23)27-22(19-28-11-4-5-12-28)16-20-8-9-24-25(17-20)32-15-14-31-24/h8-9,17,21-23H,1-7,10-16,18-19H2,(H,27,30). The van der Waals surface area contributed by atoms with Crippen LogP contribution in [0.4, 0.5) is 0 Å². The number of amides is 1. The van der Waals surface area contributed by atoms with E-state index in [-0.39, 0.29) is 17.9 Å². The average molecular weight is 442 g/mol. The van der Waals surface area contributed by atoms with Gasteiger partial charge in [-0.15, -0.1) is 0 Å². The maximum atomic E-state index is 13.3. The Bertz CT molecular complexity index is 774. The van der Waals surface area contributed by atoms with Crippen molar-refractivity contribution < 1.29 is 14.3 Å². The van der Waals surface area contributed by atoms with Gasteiger partial charge in [0.25, 0.3) is 0 Å². The van der Waals surface area contributed by atoms with Gasteiger partial charge in [0, 0.05) is 25.2 Å². The average Bonchev–Trinajstić information content (AvgIpc) is 3.52. The van der Waals surface area contributed by atoms with Crippen molar-refractivity contribution in [3.63, 3.8) is 0 Å². The summed E-state index contributed by atoms with van der Waals surface area (Å²) in [5, 5.41) is 3.46. The predicted molar refractivity (Wildman–Crippen MR) is 125 cm³/mol. The summed E-state index contributed by atoms with van der Waals surface area (Å²) in [6, 6.07) is 7.07. The molecule has 6 nitrogen and oxygen atoms in total. The van der Waals surface area contributed by atoms with Gasteiger partial charge in [-0.05, 0) is 75.9 Å². The fraction of sp³-hybridized carbons (Fsp3) is 0.731. The highest BCUT2D eigenvalue weighted by molar-refractivity contribution is 5.79. The minimum Gasteiger partial charge on any atom is -0.486 e. The molecule has 176 valence electrons. The fourth-order valence-electron chi connectivity index (χ4n) is 6.04. The summed E-state index contributed by atoms with van der Waals surface area (Å²) < 4.78 is 11.5. The number of ether oxygens (including phenoxy) is 2. The van der Waals surface area contributed by atoms with E-state index in [0.717, 1.165) is 57.1 Å². The minimum atomic E-state index is 0.131. The van der Waals surface area contributed by atoms with Crippen LogP contribution in [0.15, 0.2) is 18.2 Å². The van der Waals surface area contributed by atoms with Crippen LogP contribution >= 0.6 is 0 Å². The number of hydrogen-bond donors (Lipinski definition) is 1. The van der Waals surface area contributed by atoms with E-state index in [1.807, 2.05) is 6.07 Å². The van der Waals surface area contributed by atoms with Gasteiger partial charge in [-0.1, -0.05) is 25.3 Å². The first-order valence-corrected chi connectivity index (χ1v) is 12.9. The molecule has 1 aliphatic carbocycles. The number of fused-ring (bicyclic) bond motifs is 1. The van der Waals surface area contributed by atoms with Crippen LogP contribution in [0.25, 0.3) is 0 Å². The molecule has 2 unspecified atom stereocenters. The second kappa shape index (κ2) is 10.4. The Kier molecular flexibility index (Phi) is 7.18.